The van der Waals surface area contributed by atoms with Crippen LogP contribution in [0.4, 0.5) is 0 Å². The van der Waals surface area contributed by atoms with Crippen LogP contribution in [0, 0.1) is 5.92 Å². The van der Waals surface area contributed by atoms with Gasteiger partial charge in [0.2, 0.25) is 0 Å². The topological polar surface area (TPSA) is 16.1 Å². The molecule has 1 unspecified atom stereocenters. The average Bonchev–Trinajstić information content (AvgIpc) is 2.21. The summed E-state index contributed by atoms with van der Waals surface area (Å²) in [6, 6.07) is 4.25. The van der Waals surface area contributed by atoms with Crippen LogP contribution >= 0.6 is 23.2 Å². The molecule has 1 heterocycles. The second-order valence-corrected chi connectivity index (χ2v) is 5.72. The smallest absolute Gasteiger partial charge is 0.135 e. The van der Waals surface area contributed by atoms with Gasteiger partial charge in [-0.25, -0.2) is 4.98 Å². The number of halogens is 2. The standard InChI is InChI=1S/C13H20Cl2N2/c1-9(2)7-10(3)17(4)8-11-5-6-12(14)16-13(11)15/h5-6,9-10H,7-8H2,1-4H3. The molecule has 2 nitrogen and oxygen atoms in total. The van der Waals surface area contributed by atoms with Crippen molar-refractivity contribution in [3.8, 4) is 0 Å². The fraction of sp³-hybridized carbons (Fsp3) is 0.615. The molecule has 4 heteroatoms. The largest absolute Gasteiger partial charge is 0.299 e. The third-order valence-corrected chi connectivity index (χ3v) is 3.41. The minimum Gasteiger partial charge on any atom is -0.299 e. The summed E-state index contributed by atoms with van der Waals surface area (Å²) in [4.78, 5) is 6.34. The lowest BCUT2D eigenvalue weighted by molar-refractivity contribution is 0.220. The second kappa shape index (κ2) is 6.58. The first-order valence-electron chi connectivity index (χ1n) is 5.91. The second-order valence-electron chi connectivity index (χ2n) is 4.98. The Morgan fingerprint density at radius 1 is 1.24 bits per heavy atom. The molecule has 1 rings (SSSR count). The average molecular weight is 275 g/mol. The van der Waals surface area contributed by atoms with Gasteiger partial charge in [-0.3, -0.25) is 4.90 Å². The lowest BCUT2D eigenvalue weighted by Gasteiger charge is -2.26. The van der Waals surface area contributed by atoms with E-state index in [0.29, 0.717) is 22.3 Å². The van der Waals surface area contributed by atoms with Crippen LogP contribution in [0.5, 0.6) is 0 Å². The van der Waals surface area contributed by atoms with E-state index in [4.69, 9.17) is 23.2 Å². The molecule has 0 amide bonds. The van der Waals surface area contributed by atoms with E-state index in [9.17, 15) is 0 Å². The molecule has 17 heavy (non-hydrogen) atoms. The molecular weight excluding hydrogens is 255 g/mol. The van der Waals surface area contributed by atoms with Gasteiger partial charge < -0.3 is 0 Å². The predicted molar refractivity (Wildman–Crippen MR) is 74.6 cm³/mol. The summed E-state index contributed by atoms with van der Waals surface area (Å²) in [5.74, 6) is 0.700. The first kappa shape index (κ1) is 14.7. The third kappa shape index (κ3) is 4.82. The van der Waals surface area contributed by atoms with Crippen LogP contribution < -0.4 is 0 Å². The van der Waals surface area contributed by atoms with Crippen molar-refractivity contribution in [3.05, 3.63) is 28.0 Å². The summed E-state index contributed by atoms with van der Waals surface area (Å²) in [6.07, 6.45) is 1.18. The van der Waals surface area contributed by atoms with Crippen molar-refractivity contribution in [2.45, 2.75) is 39.8 Å². The van der Waals surface area contributed by atoms with Crippen LogP contribution in [0.2, 0.25) is 10.3 Å². The molecule has 0 bridgehead atoms. The molecule has 0 saturated carbocycles. The molecule has 0 aromatic carbocycles. The van der Waals surface area contributed by atoms with Gasteiger partial charge in [-0.2, -0.15) is 0 Å². The lowest BCUT2D eigenvalue weighted by atomic mass is 10.0. The SMILES string of the molecule is CC(C)CC(C)N(C)Cc1ccc(Cl)nc1Cl. The zero-order chi connectivity index (χ0) is 13.0. The summed E-state index contributed by atoms with van der Waals surface area (Å²) in [5.41, 5.74) is 1.02. The molecule has 0 fully saturated rings. The Balaban J connectivity index is 2.64. The Morgan fingerprint density at radius 2 is 1.88 bits per heavy atom. The van der Waals surface area contributed by atoms with Gasteiger partial charge in [0, 0.05) is 18.2 Å². The molecule has 0 saturated heterocycles. The van der Waals surface area contributed by atoms with Crippen molar-refractivity contribution in [3.63, 3.8) is 0 Å². The van der Waals surface area contributed by atoms with Crippen LogP contribution in [-0.2, 0) is 6.54 Å². The Bertz CT molecular complexity index is 366. The first-order valence-corrected chi connectivity index (χ1v) is 6.67. The highest BCUT2D eigenvalue weighted by Crippen LogP contribution is 2.20. The van der Waals surface area contributed by atoms with Crippen molar-refractivity contribution in [1.29, 1.82) is 0 Å². The molecule has 0 aliphatic heterocycles. The van der Waals surface area contributed by atoms with E-state index < -0.39 is 0 Å². The molecular formula is C13H20Cl2N2. The highest BCUT2D eigenvalue weighted by Gasteiger charge is 2.13. The maximum atomic E-state index is 6.06. The quantitative estimate of drug-likeness (QED) is 0.746. The van der Waals surface area contributed by atoms with Crippen molar-refractivity contribution >= 4 is 23.2 Å². The minimum atomic E-state index is 0.441. The van der Waals surface area contributed by atoms with Crippen LogP contribution in [-0.4, -0.2) is 23.0 Å². The lowest BCUT2D eigenvalue weighted by Crippen LogP contribution is -2.29. The number of hydrogen-bond acceptors (Lipinski definition) is 2. The van der Waals surface area contributed by atoms with Gasteiger partial charge in [-0.1, -0.05) is 43.1 Å². The van der Waals surface area contributed by atoms with Gasteiger partial charge in [-0.05, 0) is 32.4 Å². The Kier molecular flexibility index (Phi) is 5.71. The predicted octanol–water partition coefficient (Wildman–Crippen LogP) is 4.25. The van der Waals surface area contributed by atoms with Gasteiger partial charge in [0.15, 0.2) is 0 Å². The summed E-state index contributed by atoms with van der Waals surface area (Å²) in [7, 11) is 2.11. The van der Waals surface area contributed by atoms with Crippen molar-refractivity contribution in [2.75, 3.05) is 7.05 Å². The molecule has 1 atom stereocenters. The van der Waals surface area contributed by atoms with Gasteiger partial charge in [0.25, 0.3) is 0 Å². The van der Waals surface area contributed by atoms with E-state index >= 15 is 0 Å². The fourth-order valence-electron chi connectivity index (χ4n) is 1.85. The fourth-order valence-corrected chi connectivity index (χ4v) is 2.25. The Labute approximate surface area is 114 Å². The van der Waals surface area contributed by atoms with Gasteiger partial charge >= 0.3 is 0 Å². The van der Waals surface area contributed by atoms with Crippen molar-refractivity contribution in [1.82, 2.24) is 9.88 Å². The summed E-state index contributed by atoms with van der Waals surface area (Å²) in [6.45, 7) is 7.51. The highest BCUT2D eigenvalue weighted by atomic mass is 35.5. The number of nitrogens with zero attached hydrogens (tertiary/aromatic N) is 2. The zero-order valence-corrected chi connectivity index (χ0v) is 12.4. The van der Waals surface area contributed by atoms with Gasteiger partial charge in [0.1, 0.15) is 10.3 Å². The maximum Gasteiger partial charge on any atom is 0.135 e. The monoisotopic (exact) mass is 274 g/mol. The molecule has 0 aliphatic rings. The van der Waals surface area contributed by atoms with E-state index in [1.165, 1.54) is 6.42 Å². The van der Waals surface area contributed by atoms with Gasteiger partial charge in [0.05, 0.1) is 0 Å². The van der Waals surface area contributed by atoms with Crippen molar-refractivity contribution in [2.24, 2.45) is 5.92 Å². The molecule has 0 N–H and O–H groups in total. The number of hydrogen-bond donors (Lipinski definition) is 0. The van der Waals surface area contributed by atoms with Crippen molar-refractivity contribution < 1.29 is 0 Å². The molecule has 0 spiro atoms. The van der Waals surface area contributed by atoms with Crippen LogP contribution in [0.25, 0.3) is 0 Å². The molecule has 0 aliphatic carbocycles. The van der Waals surface area contributed by atoms with E-state index in [2.05, 4.69) is 37.7 Å². The Morgan fingerprint density at radius 3 is 2.41 bits per heavy atom. The summed E-state index contributed by atoms with van der Waals surface area (Å²) < 4.78 is 0. The number of rotatable bonds is 5. The third-order valence-electron chi connectivity index (χ3n) is 2.88. The number of aromatic nitrogens is 1. The molecule has 1 aromatic rings. The maximum absolute atomic E-state index is 6.06. The van der Waals surface area contributed by atoms with E-state index in [-0.39, 0.29) is 0 Å². The molecule has 1 aromatic heterocycles. The number of pyridine rings is 1. The zero-order valence-electron chi connectivity index (χ0n) is 10.9. The minimum absolute atomic E-state index is 0.441. The van der Waals surface area contributed by atoms with Crippen LogP contribution in [0.3, 0.4) is 0 Å². The van der Waals surface area contributed by atoms with E-state index in [1.807, 2.05) is 6.07 Å². The molecule has 96 valence electrons. The van der Waals surface area contributed by atoms with Crippen LogP contribution in [0.15, 0.2) is 12.1 Å². The molecule has 0 radical (unpaired) electrons. The Hall–Kier alpha value is -0.310. The summed E-state index contributed by atoms with van der Waals surface area (Å²) in [5, 5.41) is 0.942. The van der Waals surface area contributed by atoms with E-state index in [0.717, 1.165) is 12.1 Å². The van der Waals surface area contributed by atoms with E-state index in [1.54, 1.807) is 6.07 Å². The first-order chi connectivity index (χ1) is 7.90. The van der Waals surface area contributed by atoms with Gasteiger partial charge in [-0.15, -0.1) is 0 Å². The van der Waals surface area contributed by atoms with Crippen LogP contribution in [0.1, 0.15) is 32.8 Å². The summed E-state index contributed by atoms with van der Waals surface area (Å²) >= 11 is 11.8. The normalized spacial score (nSPS) is 13.4. The highest BCUT2D eigenvalue weighted by molar-refractivity contribution is 6.32.